The molecule has 1 aliphatic rings. The Kier molecular flexibility index (Phi) is 5.19. The summed E-state index contributed by atoms with van der Waals surface area (Å²) < 4.78 is 0. The Morgan fingerprint density at radius 2 is 1.83 bits per heavy atom. The van der Waals surface area contributed by atoms with Gasteiger partial charge in [0, 0.05) is 6.04 Å². The smallest absolute Gasteiger partial charge is 0.00721 e. The van der Waals surface area contributed by atoms with Gasteiger partial charge in [-0.1, -0.05) is 27.2 Å². The Balaban J connectivity index is 0.00000121. The van der Waals surface area contributed by atoms with Crippen LogP contribution in [-0.4, -0.2) is 6.04 Å². The van der Waals surface area contributed by atoms with Gasteiger partial charge in [0.15, 0.2) is 0 Å². The average Bonchev–Trinajstić information content (AvgIpc) is 1.85. The molecule has 1 nitrogen and oxygen atoms in total. The highest BCUT2D eigenvalue weighted by atomic mass is 35.5. The van der Waals surface area contributed by atoms with Crippen LogP contribution >= 0.6 is 12.4 Å². The van der Waals surface area contributed by atoms with Crippen LogP contribution in [0.5, 0.6) is 0 Å². The molecule has 0 bridgehead atoms. The number of halogens is 1. The fraction of sp³-hybridized carbons (Fsp3) is 1.00. The quantitative estimate of drug-likeness (QED) is 0.678. The summed E-state index contributed by atoms with van der Waals surface area (Å²) in [5, 5.41) is 0. The van der Waals surface area contributed by atoms with Crippen molar-refractivity contribution in [1.82, 2.24) is 0 Å². The Morgan fingerprint density at radius 1 is 1.25 bits per heavy atom. The van der Waals surface area contributed by atoms with E-state index in [0.717, 1.165) is 17.8 Å². The van der Waals surface area contributed by atoms with Gasteiger partial charge in [0.1, 0.15) is 0 Å². The van der Waals surface area contributed by atoms with Gasteiger partial charge in [0.2, 0.25) is 0 Å². The zero-order valence-corrected chi connectivity index (χ0v) is 9.23. The maximum Gasteiger partial charge on any atom is 0.00721 e. The van der Waals surface area contributed by atoms with Crippen LogP contribution in [0.3, 0.4) is 0 Å². The third-order valence-corrected chi connectivity index (χ3v) is 3.07. The first-order valence-electron chi connectivity index (χ1n) is 4.87. The predicted molar refractivity (Wildman–Crippen MR) is 56.6 cm³/mol. The summed E-state index contributed by atoms with van der Waals surface area (Å²) in [6.45, 7) is 6.90. The first-order valence-corrected chi connectivity index (χ1v) is 4.87. The number of nitrogens with two attached hydrogens (primary N) is 1. The van der Waals surface area contributed by atoms with Gasteiger partial charge in [-0.05, 0) is 30.6 Å². The number of rotatable bonds is 1. The molecule has 12 heavy (non-hydrogen) atoms. The maximum atomic E-state index is 6.07. The maximum absolute atomic E-state index is 6.07. The average molecular weight is 192 g/mol. The number of hydrogen-bond acceptors (Lipinski definition) is 1. The van der Waals surface area contributed by atoms with Crippen molar-refractivity contribution in [3.63, 3.8) is 0 Å². The van der Waals surface area contributed by atoms with Crippen molar-refractivity contribution in [3.05, 3.63) is 0 Å². The van der Waals surface area contributed by atoms with Crippen LogP contribution in [0.2, 0.25) is 0 Å². The first-order chi connectivity index (χ1) is 5.11. The Labute approximate surface area is 82.5 Å². The molecule has 0 spiro atoms. The molecular weight excluding hydrogens is 170 g/mol. The van der Waals surface area contributed by atoms with Crippen molar-refractivity contribution in [2.24, 2.45) is 23.5 Å². The highest BCUT2D eigenvalue weighted by Crippen LogP contribution is 2.31. The molecule has 2 N–H and O–H groups in total. The van der Waals surface area contributed by atoms with Gasteiger partial charge in [0.25, 0.3) is 0 Å². The zero-order valence-electron chi connectivity index (χ0n) is 8.42. The predicted octanol–water partition coefficient (Wildman–Crippen LogP) is 2.83. The summed E-state index contributed by atoms with van der Waals surface area (Å²) >= 11 is 0. The van der Waals surface area contributed by atoms with E-state index < -0.39 is 0 Å². The van der Waals surface area contributed by atoms with E-state index in [2.05, 4.69) is 20.8 Å². The molecule has 1 saturated carbocycles. The van der Waals surface area contributed by atoms with Gasteiger partial charge >= 0.3 is 0 Å². The first kappa shape index (κ1) is 12.2. The Morgan fingerprint density at radius 3 is 2.25 bits per heavy atom. The lowest BCUT2D eigenvalue weighted by atomic mass is 9.74. The SMILES string of the molecule is CC(C)[C@@H]1CC[C@@H](C)C[C@@H]1N.Cl. The second-order valence-electron chi connectivity index (χ2n) is 4.49. The normalized spacial score (nSPS) is 36.2. The van der Waals surface area contributed by atoms with E-state index in [4.69, 9.17) is 5.73 Å². The van der Waals surface area contributed by atoms with Crippen molar-refractivity contribution < 1.29 is 0 Å². The molecule has 0 aromatic heterocycles. The molecule has 1 rings (SSSR count). The number of hydrogen-bond donors (Lipinski definition) is 1. The molecule has 0 radical (unpaired) electrons. The van der Waals surface area contributed by atoms with Gasteiger partial charge < -0.3 is 5.73 Å². The minimum atomic E-state index is 0. The molecule has 0 saturated heterocycles. The standard InChI is InChI=1S/C10H21N.ClH/c1-7(2)9-5-4-8(3)6-10(9)11;/h7-10H,4-6,11H2,1-3H3;1H/t8-,9+,10+;/m1./s1. The molecule has 0 unspecified atom stereocenters. The summed E-state index contributed by atoms with van der Waals surface area (Å²) in [5.74, 6) is 2.42. The third kappa shape index (κ3) is 2.95. The van der Waals surface area contributed by atoms with Crippen molar-refractivity contribution in [2.45, 2.75) is 46.1 Å². The van der Waals surface area contributed by atoms with Crippen molar-refractivity contribution >= 4 is 12.4 Å². The fourth-order valence-corrected chi connectivity index (χ4v) is 2.28. The highest BCUT2D eigenvalue weighted by Gasteiger charge is 2.27. The van der Waals surface area contributed by atoms with Crippen LogP contribution in [0.25, 0.3) is 0 Å². The van der Waals surface area contributed by atoms with Crippen LogP contribution in [0, 0.1) is 17.8 Å². The summed E-state index contributed by atoms with van der Waals surface area (Å²) in [7, 11) is 0. The lowest BCUT2D eigenvalue weighted by molar-refractivity contribution is 0.199. The van der Waals surface area contributed by atoms with E-state index in [9.17, 15) is 0 Å². The molecule has 0 aromatic carbocycles. The fourth-order valence-electron chi connectivity index (χ4n) is 2.28. The van der Waals surface area contributed by atoms with Gasteiger partial charge in [-0.25, -0.2) is 0 Å². The van der Waals surface area contributed by atoms with Crippen molar-refractivity contribution in [2.75, 3.05) is 0 Å². The van der Waals surface area contributed by atoms with E-state index in [1.165, 1.54) is 19.3 Å². The minimum Gasteiger partial charge on any atom is -0.327 e. The van der Waals surface area contributed by atoms with Crippen LogP contribution in [0.4, 0.5) is 0 Å². The third-order valence-electron chi connectivity index (χ3n) is 3.07. The molecule has 0 aliphatic heterocycles. The summed E-state index contributed by atoms with van der Waals surface area (Å²) in [4.78, 5) is 0. The van der Waals surface area contributed by atoms with Gasteiger partial charge in [0.05, 0.1) is 0 Å². The van der Waals surface area contributed by atoms with Gasteiger partial charge in [-0.3, -0.25) is 0 Å². The monoisotopic (exact) mass is 191 g/mol. The second-order valence-corrected chi connectivity index (χ2v) is 4.49. The molecule has 0 heterocycles. The van der Waals surface area contributed by atoms with Crippen LogP contribution < -0.4 is 5.73 Å². The van der Waals surface area contributed by atoms with E-state index in [-0.39, 0.29) is 12.4 Å². The molecule has 2 heteroatoms. The molecule has 0 aromatic rings. The van der Waals surface area contributed by atoms with Gasteiger partial charge in [-0.15, -0.1) is 12.4 Å². The molecule has 3 atom stereocenters. The second kappa shape index (κ2) is 5.08. The van der Waals surface area contributed by atoms with Gasteiger partial charge in [-0.2, -0.15) is 0 Å². The van der Waals surface area contributed by atoms with Crippen LogP contribution in [0.15, 0.2) is 0 Å². The highest BCUT2D eigenvalue weighted by molar-refractivity contribution is 5.85. The molecule has 1 fully saturated rings. The summed E-state index contributed by atoms with van der Waals surface area (Å²) in [5.41, 5.74) is 6.07. The largest absolute Gasteiger partial charge is 0.327 e. The molecule has 0 amide bonds. The molecule has 74 valence electrons. The zero-order chi connectivity index (χ0) is 8.43. The Bertz CT molecular complexity index is 125. The Hall–Kier alpha value is 0.250. The van der Waals surface area contributed by atoms with E-state index in [1.54, 1.807) is 0 Å². The van der Waals surface area contributed by atoms with E-state index in [0.29, 0.717) is 6.04 Å². The van der Waals surface area contributed by atoms with Crippen molar-refractivity contribution in [3.8, 4) is 0 Å². The lowest BCUT2D eigenvalue weighted by Gasteiger charge is -2.34. The summed E-state index contributed by atoms with van der Waals surface area (Å²) in [6, 6.07) is 0.471. The van der Waals surface area contributed by atoms with Crippen molar-refractivity contribution in [1.29, 1.82) is 0 Å². The molecular formula is C10H22ClN. The van der Waals surface area contributed by atoms with Crippen LogP contribution in [0.1, 0.15) is 40.0 Å². The van der Waals surface area contributed by atoms with Crippen LogP contribution in [-0.2, 0) is 0 Å². The lowest BCUT2D eigenvalue weighted by Crippen LogP contribution is -2.38. The summed E-state index contributed by atoms with van der Waals surface area (Å²) in [6.07, 6.45) is 3.97. The topological polar surface area (TPSA) is 26.0 Å². The molecule has 1 aliphatic carbocycles. The van der Waals surface area contributed by atoms with E-state index in [1.807, 2.05) is 0 Å². The van der Waals surface area contributed by atoms with E-state index >= 15 is 0 Å². The minimum absolute atomic E-state index is 0.